The molecule has 0 saturated carbocycles. The fourth-order valence-electron chi connectivity index (χ4n) is 2.74. The molecule has 0 saturated heterocycles. The molecule has 0 unspecified atom stereocenters. The molecule has 32 heavy (non-hydrogen) atoms. The number of hydrogen-bond donors (Lipinski definition) is 0. The predicted octanol–water partition coefficient (Wildman–Crippen LogP) is 10.1. The minimum Gasteiger partial charge on any atom is -0.288 e. The first-order valence-corrected chi connectivity index (χ1v) is 12.9. The first-order valence-electron chi connectivity index (χ1n) is 9.63. The van der Waals surface area contributed by atoms with E-state index in [1.807, 2.05) is 42.5 Å². The van der Waals surface area contributed by atoms with Crippen LogP contribution in [-0.4, -0.2) is 0 Å². The number of halogens is 6. The van der Waals surface area contributed by atoms with E-state index in [1.165, 1.54) is 4.90 Å². The Hall–Kier alpha value is -2.44. The van der Waals surface area contributed by atoms with Gasteiger partial charge in [-0.3, -0.25) is 4.79 Å². The molecule has 0 aliphatic rings. The molecular weight excluding hydrogens is 469 g/mol. The fraction of sp³-hybridized carbons (Fsp3) is 0.174. The Balaban J connectivity index is 0.000000278. The normalized spacial score (nSPS) is 13.4. The van der Waals surface area contributed by atoms with Gasteiger partial charge in [0.2, 0.25) is 5.43 Å². The largest absolute Gasteiger partial charge is 0.288 e. The van der Waals surface area contributed by atoms with Gasteiger partial charge in [0.1, 0.15) is 0 Å². The van der Waals surface area contributed by atoms with E-state index in [0.29, 0.717) is 0 Å². The summed E-state index contributed by atoms with van der Waals surface area (Å²) in [5.41, 5.74) is 0.140. The fourth-order valence-corrected chi connectivity index (χ4v) is 5.10. The zero-order valence-corrected chi connectivity index (χ0v) is 19.3. The van der Waals surface area contributed by atoms with Crippen molar-refractivity contribution in [2.75, 3.05) is 0 Å². The van der Waals surface area contributed by atoms with Gasteiger partial charge in [0.05, 0.1) is 10.8 Å². The maximum absolute atomic E-state index is 12.7. The van der Waals surface area contributed by atoms with Crippen LogP contribution < -0.4 is 5.43 Å². The van der Waals surface area contributed by atoms with E-state index in [1.54, 1.807) is 0 Å². The summed E-state index contributed by atoms with van der Waals surface area (Å²) < 4.78 is 61.5. The van der Waals surface area contributed by atoms with Gasteiger partial charge in [-0.2, -0.15) is 0 Å². The second-order valence-electron chi connectivity index (χ2n) is 7.63. The van der Waals surface area contributed by atoms with E-state index in [0.717, 1.165) is 26.1 Å². The van der Waals surface area contributed by atoms with Gasteiger partial charge in [-0.1, -0.05) is 63.2 Å². The molecule has 0 amide bonds. The Morgan fingerprint density at radius 3 is 1.31 bits per heavy atom. The molecule has 0 radical (unpaired) electrons. The summed E-state index contributed by atoms with van der Waals surface area (Å²) in [5, 5.41) is 1.67. The van der Waals surface area contributed by atoms with Crippen LogP contribution in [0.3, 0.4) is 0 Å². The maximum atomic E-state index is 12.7. The van der Waals surface area contributed by atoms with Crippen molar-refractivity contribution in [3.63, 3.8) is 0 Å². The Labute approximate surface area is 184 Å². The summed E-state index contributed by atoms with van der Waals surface area (Å²) in [4.78, 5) is 13.9. The minimum absolute atomic E-state index is 0.140. The van der Waals surface area contributed by atoms with Crippen molar-refractivity contribution in [1.82, 2.24) is 0 Å². The van der Waals surface area contributed by atoms with E-state index in [4.69, 9.17) is 0 Å². The molecule has 1 aromatic heterocycles. The molecule has 4 rings (SSSR count). The number of fused-ring (bicyclic) bond motifs is 2. The van der Waals surface area contributed by atoms with Gasteiger partial charge in [0.15, 0.2) is 14.3 Å². The van der Waals surface area contributed by atoms with Crippen LogP contribution in [0.4, 0.5) is 25.2 Å². The number of hydrogen-bond acceptors (Lipinski definition) is 1. The molecule has 0 N–H and O–H groups in total. The summed E-state index contributed by atoms with van der Waals surface area (Å²) in [5.74, 6) is 0.833. The quantitative estimate of drug-likeness (QED) is 0.112. The van der Waals surface area contributed by atoms with Crippen LogP contribution in [-0.2, 0) is 0 Å². The van der Waals surface area contributed by atoms with Gasteiger partial charge in [0.25, 0.3) is 0 Å². The van der Waals surface area contributed by atoms with Crippen molar-refractivity contribution in [3.05, 3.63) is 89.1 Å². The third kappa shape index (κ3) is 8.60. The first kappa shape index (κ1) is 25.8. The van der Waals surface area contributed by atoms with Gasteiger partial charge in [0, 0.05) is 10.5 Å². The Morgan fingerprint density at radius 2 is 0.938 bits per heavy atom. The van der Waals surface area contributed by atoms with Crippen molar-refractivity contribution < 1.29 is 25.2 Å². The topological polar surface area (TPSA) is 17.1 Å². The van der Waals surface area contributed by atoms with Crippen molar-refractivity contribution in [2.45, 2.75) is 20.8 Å². The van der Waals surface area contributed by atoms with Gasteiger partial charge in [-0.15, -0.1) is 0 Å². The Morgan fingerprint density at radius 1 is 0.625 bits per heavy atom. The van der Waals surface area contributed by atoms with E-state index in [-0.39, 0.29) is 15.9 Å². The van der Waals surface area contributed by atoms with Gasteiger partial charge in [-0.25, -0.2) is 0 Å². The van der Waals surface area contributed by atoms with Crippen molar-refractivity contribution >= 4 is 38.5 Å². The van der Waals surface area contributed by atoms with Crippen molar-refractivity contribution in [1.29, 1.82) is 0 Å². The molecule has 0 atom stereocenters. The van der Waals surface area contributed by atoms with Crippen LogP contribution in [0.15, 0.2) is 83.7 Å². The first-order chi connectivity index (χ1) is 14.5. The second-order valence-corrected chi connectivity index (χ2v) is 11.5. The molecule has 174 valence electrons. The molecule has 9 heteroatoms. The van der Waals surface area contributed by atoms with E-state index < -0.39 is 7.81 Å². The zero-order chi connectivity index (χ0) is 24.2. The van der Waals surface area contributed by atoms with E-state index >= 15 is 0 Å². The monoisotopic (exact) mass is 492 g/mol. The van der Waals surface area contributed by atoms with Gasteiger partial charge >= 0.3 is 33.0 Å². The SMILES string of the molecule is CC(C)C.F[P-](F)(F)(F)(F)F.O=c1c2ccccc2[s+](-c2ccccc2)c2ccccc12. The van der Waals surface area contributed by atoms with Gasteiger partial charge < -0.3 is 0 Å². The summed E-state index contributed by atoms with van der Waals surface area (Å²) >= 11 is 0. The average Bonchev–Trinajstić information content (AvgIpc) is 2.66. The van der Waals surface area contributed by atoms with E-state index in [2.05, 4.69) is 57.2 Å². The molecular formula is C23H23F6OPS. The standard InChI is InChI=1S/C19H13OS.C4H10.F6P/c20-19-15-10-4-6-12-17(15)21(14-8-2-1-3-9-14)18-13-7-5-11-16(18)19;1-4(2)3;1-7(2,3,4,5)6/h1-13H;4H,1-3H3;/q+1;;-1. The van der Waals surface area contributed by atoms with Crippen LogP contribution in [0.5, 0.6) is 0 Å². The molecule has 4 aromatic rings. The molecule has 0 bridgehead atoms. The zero-order valence-electron chi connectivity index (χ0n) is 17.6. The van der Waals surface area contributed by atoms with Crippen LogP contribution in [0, 0.1) is 5.92 Å². The molecule has 0 fully saturated rings. The Kier molecular flexibility index (Phi) is 7.13. The number of rotatable bonds is 1. The Bertz CT molecular complexity index is 1190. The molecule has 0 spiro atoms. The molecule has 1 heterocycles. The van der Waals surface area contributed by atoms with Crippen LogP contribution in [0.2, 0.25) is 0 Å². The van der Waals surface area contributed by atoms with Crippen molar-refractivity contribution in [2.24, 2.45) is 5.92 Å². The molecule has 1 nitrogen and oxygen atoms in total. The second kappa shape index (κ2) is 8.83. The molecule has 0 aliphatic heterocycles. The number of benzene rings is 3. The smallest absolute Gasteiger partial charge is 0.203 e. The summed E-state index contributed by atoms with van der Waals surface area (Å²) in [6, 6.07) is 26.4. The van der Waals surface area contributed by atoms with Crippen LogP contribution in [0.25, 0.3) is 25.1 Å². The third-order valence-electron chi connectivity index (χ3n) is 3.68. The molecule has 3 aromatic carbocycles. The van der Waals surface area contributed by atoms with Crippen LogP contribution in [0.1, 0.15) is 20.8 Å². The summed E-state index contributed by atoms with van der Waals surface area (Å²) in [7, 11) is -10.9. The maximum Gasteiger partial charge on any atom is 0.203 e. The summed E-state index contributed by atoms with van der Waals surface area (Å²) in [6.07, 6.45) is 0. The third-order valence-corrected chi connectivity index (χ3v) is 6.02. The van der Waals surface area contributed by atoms with E-state index in [9.17, 15) is 30.0 Å². The summed E-state index contributed by atoms with van der Waals surface area (Å²) in [6.45, 7) is 6.50. The molecule has 0 aliphatic carbocycles. The van der Waals surface area contributed by atoms with Gasteiger partial charge in [-0.05, 0) is 42.3 Å². The average molecular weight is 492 g/mol. The van der Waals surface area contributed by atoms with Crippen LogP contribution >= 0.6 is 18.3 Å². The van der Waals surface area contributed by atoms with Crippen molar-refractivity contribution in [3.8, 4) is 4.90 Å². The predicted molar refractivity (Wildman–Crippen MR) is 126 cm³/mol. The minimum atomic E-state index is -10.7.